The molecular formula is C19H16F6N2O2. The summed E-state index contributed by atoms with van der Waals surface area (Å²) in [7, 11) is 0. The number of ether oxygens (including phenoxy) is 1. The Labute approximate surface area is 162 Å². The maximum absolute atomic E-state index is 12.5. The first-order valence-corrected chi connectivity index (χ1v) is 8.25. The number of aromatic nitrogens is 1. The average molecular weight is 418 g/mol. The number of carbonyl (C=O) groups is 1. The van der Waals surface area contributed by atoms with Crippen LogP contribution in [0.4, 0.5) is 26.3 Å². The Bertz CT molecular complexity index is 843. The van der Waals surface area contributed by atoms with Gasteiger partial charge in [0.05, 0.1) is 23.5 Å². The highest BCUT2D eigenvalue weighted by Crippen LogP contribution is 2.29. The molecule has 1 aromatic carbocycles. The Hall–Kier alpha value is -3.04. The second kappa shape index (κ2) is 8.97. The molecule has 0 radical (unpaired) electrons. The van der Waals surface area contributed by atoms with Crippen LogP contribution in [0.3, 0.4) is 0 Å². The minimum Gasteiger partial charge on any atom is -0.483 e. The molecule has 0 aliphatic rings. The van der Waals surface area contributed by atoms with Crippen molar-refractivity contribution in [3.05, 3.63) is 65.5 Å². The van der Waals surface area contributed by atoms with Gasteiger partial charge in [0.25, 0.3) is 0 Å². The van der Waals surface area contributed by atoms with Crippen LogP contribution in [0.1, 0.15) is 29.8 Å². The fourth-order valence-corrected chi connectivity index (χ4v) is 2.19. The molecule has 2 rings (SSSR count). The topological polar surface area (TPSA) is 51.2 Å². The Morgan fingerprint density at radius 2 is 1.76 bits per heavy atom. The van der Waals surface area contributed by atoms with E-state index in [9.17, 15) is 31.1 Å². The molecule has 1 atom stereocenters. The molecule has 10 heteroatoms. The molecule has 1 heterocycles. The summed E-state index contributed by atoms with van der Waals surface area (Å²) < 4.78 is 78.4. The number of hydrogen-bond acceptors (Lipinski definition) is 3. The maximum atomic E-state index is 12.5. The molecule has 1 unspecified atom stereocenters. The van der Waals surface area contributed by atoms with Crippen LogP contribution in [0.15, 0.2) is 48.7 Å². The molecule has 1 aromatic heterocycles. The minimum absolute atomic E-state index is 0.0631. The highest BCUT2D eigenvalue weighted by atomic mass is 19.4. The van der Waals surface area contributed by atoms with Crippen LogP contribution in [0, 0.1) is 0 Å². The van der Waals surface area contributed by atoms with Crippen LogP contribution in [-0.2, 0) is 11.0 Å². The van der Waals surface area contributed by atoms with Crippen molar-refractivity contribution in [2.45, 2.75) is 25.3 Å². The van der Waals surface area contributed by atoms with Crippen LogP contribution in [0.2, 0.25) is 0 Å². The standard InChI is InChI=1S/C19H16F6N2O2/c1-12(16-8-7-15(10-26-16)29-11-18(20,21)22)27-17(28)9-4-13-2-5-14(6-3-13)19(23,24)25/h2-10,12H,11H2,1H3,(H,27,28). The zero-order valence-corrected chi connectivity index (χ0v) is 15.0. The number of amides is 1. The highest BCUT2D eigenvalue weighted by molar-refractivity contribution is 5.91. The molecule has 1 N–H and O–H groups in total. The highest BCUT2D eigenvalue weighted by Gasteiger charge is 2.30. The van der Waals surface area contributed by atoms with E-state index in [-0.39, 0.29) is 5.75 Å². The van der Waals surface area contributed by atoms with Gasteiger partial charge in [-0.2, -0.15) is 26.3 Å². The largest absolute Gasteiger partial charge is 0.483 e. The quantitative estimate of drug-likeness (QED) is 0.535. The van der Waals surface area contributed by atoms with Gasteiger partial charge in [0.2, 0.25) is 5.91 Å². The predicted octanol–water partition coefficient (Wildman–Crippen LogP) is 4.93. The first-order chi connectivity index (χ1) is 13.4. The molecule has 0 spiro atoms. The molecule has 0 aliphatic heterocycles. The molecule has 4 nitrogen and oxygen atoms in total. The number of nitrogens with one attached hydrogen (secondary N) is 1. The molecule has 156 valence electrons. The molecule has 0 bridgehead atoms. The maximum Gasteiger partial charge on any atom is 0.422 e. The van der Waals surface area contributed by atoms with Crippen molar-refractivity contribution in [2.75, 3.05) is 6.61 Å². The van der Waals surface area contributed by atoms with E-state index in [1.165, 1.54) is 30.3 Å². The number of rotatable bonds is 6. The Morgan fingerprint density at radius 3 is 2.28 bits per heavy atom. The van der Waals surface area contributed by atoms with Crippen molar-refractivity contribution in [1.29, 1.82) is 0 Å². The molecule has 0 aliphatic carbocycles. The molecule has 0 saturated heterocycles. The Morgan fingerprint density at radius 1 is 1.10 bits per heavy atom. The van der Waals surface area contributed by atoms with Gasteiger partial charge >= 0.3 is 12.4 Å². The van der Waals surface area contributed by atoms with Crippen LogP contribution in [0.25, 0.3) is 6.08 Å². The zero-order valence-electron chi connectivity index (χ0n) is 15.0. The lowest BCUT2D eigenvalue weighted by Crippen LogP contribution is -2.25. The van der Waals surface area contributed by atoms with Crippen molar-refractivity contribution in [1.82, 2.24) is 10.3 Å². The SMILES string of the molecule is CC(NC(=O)C=Cc1ccc(C(F)(F)F)cc1)c1ccc(OCC(F)(F)F)cn1. The monoisotopic (exact) mass is 418 g/mol. The summed E-state index contributed by atoms with van der Waals surface area (Å²) in [6.45, 7) is 0.178. The third kappa shape index (κ3) is 7.47. The zero-order chi connectivity index (χ0) is 21.7. The van der Waals surface area contributed by atoms with Gasteiger partial charge in [0, 0.05) is 6.08 Å². The Kier molecular flexibility index (Phi) is 6.89. The third-order valence-electron chi connectivity index (χ3n) is 3.63. The second-order valence-electron chi connectivity index (χ2n) is 6.01. The Balaban J connectivity index is 1.90. The molecule has 2 aromatic rings. The summed E-state index contributed by atoms with van der Waals surface area (Å²) in [6.07, 6.45) is -5.28. The normalized spacial score (nSPS) is 13.3. The summed E-state index contributed by atoms with van der Waals surface area (Å²) in [5.41, 5.74) is 0.00666. The van der Waals surface area contributed by atoms with E-state index in [2.05, 4.69) is 15.0 Å². The van der Waals surface area contributed by atoms with Crippen molar-refractivity contribution < 1.29 is 35.9 Å². The predicted molar refractivity (Wildman–Crippen MR) is 92.8 cm³/mol. The van der Waals surface area contributed by atoms with Crippen molar-refractivity contribution >= 4 is 12.0 Å². The fourth-order valence-electron chi connectivity index (χ4n) is 2.19. The van der Waals surface area contributed by atoms with Crippen molar-refractivity contribution in [3.63, 3.8) is 0 Å². The van der Waals surface area contributed by atoms with Gasteiger partial charge in [-0.05, 0) is 42.8 Å². The van der Waals surface area contributed by atoms with Crippen LogP contribution < -0.4 is 10.1 Å². The van der Waals surface area contributed by atoms with Gasteiger partial charge in [-0.3, -0.25) is 9.78 Å². The van der Waals surface area contributed by atoms with E-state index in [0.29, 0.717) is 11.3 Å². The van der Waals surface area contributed by atoms with E-state index in [1.54, 1.807) is 6.92 Å². The summed E-state index contributed by atoms with van der Waals surface area (Å²) in [5, 5.41) is 2.59. The summed E-state index contributed by atoms with van der Waals surface area (Å²) >= 11 is 0. The lowest BCUT2D eigenvalue weighted by atomic mass is 10.1. The number of nitrogens with zero attached hydrogens (tertiary/aromatic N) is 1. The van der Waals surface area contributed by atoms with Gasteiger partial charge in [0.15, 0.2) is 6.61 Å². The van der Waals surface area contributed by atoms with Gasteiger partial charge in [0.1, 0.15) is 5.75 Å². The average Bonchev–Trinajstić information content (AvgIpc) is 2.64. The minimum atomic E-state index is -4.46. The van der Waals surface area contributed by atoms with Gasteiger partial charge in [-0.15, -0.1) is 0 Å². The number of carbonyl (C=O) groups excluding carboxylic acids is 1. The molecule has 0 fully saturated rings. The van der Waals surface area contributed by atoms with Crippen LogP contribution in [0.5, 0.6) is 5.75 Å². The number of hydrogen-bond donors (Lipinski definition) is 1. The lowest BCUT2D eigenvalue weighted by molar-refractivity contribution is -0.153. The molecular weight excluding hydrogens is 402 g/mol. The van der Waals surface area contributed by atoms with E-state index in [1.807, 2.05) is 0 Å². The first kappa shape index (κ1) is 22.3. The molecule has 0 saturated carbocycles. The molecule has 1 amide bonds. The second-order valence-corrected chi connectivity index (χ2v) is 6.01. The number of benzene rings is 1. The van der Waals surface area contributed by atoms with Gasteiger partial charge < -0.3 is 10.1 Å². The number of pyridine rings is 1. The summed E-state index contributed by atoms with van der Waals surface area (Å²) in [6, 6.07) is 6.44. The smallest absolute Gasteiger partial charge is 0.422 e. The summed E-state index contributed by atoms with van der Waals surface area (Å²) in [4.78, 5) is 15.9. The van der Waals surface area contributed by atoms with E-state index >= 15 is 0 Å². The van der Waals surface area contributed by atoms with Crippen molar-refractivity contribution in [3.8, 4) is 5.75 Å². The number of halogens is 6. The van der Waals surface area contributed by atoms with Crippen LogP contribution in [-0.4, -0.2) is 23.7 Å². The van der Waals surface area contributed by atoms with Gasteiger partial charge in [-0.1, -0.05) is 12.1 Å². The van der Waals surface area contributed by atoms with E-state index in [0.717, 1.165) is 24.4 Å². The van der Waals surface area contributed by atoms with Crippen LogP contribution >= 0.6 is 0 Å². The third-order valence-corrected chi connectivity index (χ3v) is 3.63. The van der Waals surface area contributed by atoms with Crippen molar-refractivity contribution in [2.24, 2.45) is 0 Å². The lowest BCUT2D eigenvalue weighted by Gasteiger charge is -2.13. The summed E-state index contributed by atoms with van der Waals surface area (Å²) in [5.74, 6) is -0.580. The van der Waals surface area contributed by atoms with Gasteiger partial charge in [-0.25, -0.2) is 0 Å². The molecule has 29 heavy (non-hydrogen) atoms. The first-order valence-electron chi connectivity index (χ1n) is 8.25. The fraction of sp³-hybridized carbons (Fsp3) is 0.263. The number of alkyl halides is 6. The van der Waals surface area contributed by atoms with E-state index in [4.69, 9.17) is 0 Å². The van der Waals surface area contributed by atoms with E-state index < -0.39 is 36.5 Å².